The molecule has 0 saturated carbocycles. The van der Waals surface area contributed by atoms with E-state index in [1.807, 2.05) is 6.07 Å². The van der Waals surface area contributed by atoms with Crippen LogP contribution in [0.2, 0.25) is 5.02 Å². The standard InChI is InChI=1S/C35H21ClO/c36-25-20-28(24-18-17-22-9-1-2-10-23(22)19-24)34-32(21-25)35(31-15-7-8-16-33(31)37-34)29-13-5-3-11-26(29)27-12-4-6-14-30(27)35/h1-21H. The number of halogens is 1. The highest BCUT2D eigenvalue weighted by atomic mass is 35.5. The number of hydrogen-bond acceptors (Lipinski definition) is 1. The third kappa shape index (κ3) is 2.75. The molecule has 1 aliphatic heterocycles. The van der Waals surface area contributed by atoms with Gasteiger partial charge in [-0.05, 0) is 62.9 Å². The van der Waals surface area contributed by atoms with Gasteiger partial charge in [0.05, 0.1) is 5.41 Å². The van der Waals surface area contributed by atoms with Gasteiger partial charge in [-0.2, -0.15) is 0 Å². The van der Waals surface area contributed by atoms with Crippen molar-refractivity contribution < 1.29 is 4.74 Å². The summed E-state index contributed by atoms with van der Waals surface area (Å²) in [5.74, 6) is 1.75. The van der Waals surface area contributed by atoms with Crippen molar-refractivity contribution in [1.82, 2.24) is 0 Å². The Labute approximate surface area is 220 Å². The summed E-state index contributed by atoms with van der Waals surface area (Å²) in [7, 11) is 0. The second-order valence-corrected chi connectivity index (χ2v) is 10.3. The molecule has 6 aromatic carbocycles. The third-order valence-corrected chi connectivity index (χ3v) is 8.19. The molecule has 1 spiro atoms. The minimum absolute atomic E-state index is 0.520. The lowest BCUT2D eigenvalue weighted by Gasteiger charge is -2.40. The molecule has 2 heteroatoms. The van der Waals surface area contributed by atoms with Crippen LogP contribution in [-0.2, 0) is 5.41 Å². The fraction of sp³-hybridized carbons (Fsp3) is 0.0286. The van der Waals surface area contributed by atoms with Crippen molar-refractivity contribution in [3.63, 3.8) is 0 Å². The average Bonchev–Trinajstić information content (AvgIpc) is 3.24. The largest absolute Gasteiger partial charge is 0.456 e. The molecule has 0 radical (unpaired) electrons. The molecule has 1 nitrogen and oxygen atoms in total. The second kappa shape index (κ2) is 7.59. The van der Waals surface area contributed by atoms with Gasteiger partial charge in [0.15, 0.2) is 0 Å². The minimum Gasteiger partial charge on any atom is -0.456 e. The van der Waals surface area contributed by atoms with Gasteiger partial charge in [-0.25, -0.2) is 0 Å². The Kier molecular flexibility index (Phi) is 4.27. The minimum atomic E-state index is -0.520. The van der Waals surface area contributed by atoms with Crippen molar-refractivity contribution in [2.45, 2.75) is 5.41 Å². The Morgan fingerprint density at radius 1 is 0.486 bits per heavy atom. The molecule has 0 N–H and O–H groups in total. The van der Waals surface area contributed by atoms with Crippen molar-refractivity contribution in [2.75, 3.05) is 0 Å². The van der Waals surface area contributed by atoms with E-state index < -0.39 is 5.41 Å². The van der Waals surface area contributed by atoms with Gasteiger partial charge in [0.1, 0.15) is 11.5 Å². The van der Waals surface area contributed by atoms with E-state index in [2.05, 4.69) is 121 Å². The van der Waals surface area contributed by atoms with Gasteiger partial charge in [0.2, 0.25) is 0 Å². The van der Waals surface area contributed by atoms with Gasteiger partial charge >= 0.3 is 0 Å². The molecule has 0 bridgehead atoms. The zero-order valence-corrected chi connectivity index (χ0v) is 20.7. The van der Waals surface area contributed by atoms with Crippen LogP contribution in [0.15, 0.2) is 127 Å². The van der Waals surface area contributed by atoms with Crippen molar-refractivity contribution in [1.29, 1.82) is 0 Å². The quantitative estimate of drug-likeness (QED) is 0.221. The molecule has 37 heavy (non-hydrogen) atoms. The molecule has 0 atom stereocenters. The molecule has 0 saturated heterocycles. The van der Waals surface area contributed by atoms with Gasteiger partial charge < -0.3 is 4.74 Å². The van der Waals surface area contributed by atoms with Crippen LogP contribution in [-0.4, -0.2) is 0 Å². The molecule has 2 aliphatic rings. The summed E-state index contributed by atoms with van der Waals surface area (Å²) in [5, 5.41) is 3.10. The van der Waals surface area contributed by atoms with E-state index in [9.17, 15) is 0 Å². The Morgan fingerprint density at radius 3 is 1.86 bits per heavy atom. The Morgan fingerprint density at radius 2 is 1.11 bits per heavy atom. The van der Waals surface area contributed by atoms with Gasteiger partial charge in [-0.3, -0.25) is 0 Å². The Hall–Kier alpha value is -4.33. The van der Waals surface area contributed by atoms with Crippen LogP contribution in [0.5, 0.6) is 11.5 Å². The highest BCUT2D eigenvalue weighted by Gasteiger charge is 2.51. The summed E-state index contributed by atoms with van der Waals surface area (Å²) < 4.78 is 6.79. The summed E-state index contributed by atoms with van der Waals surface area (Å²) in [6.45, 7) is 0. The lowest BCUT2D eigenvalue weighted by atomic mass is 9.65. The normalized spacial score (nSPS) is 14.0. The van der Waals surface area contributed by atoms with E-state index in [0.29, 0.717) is 5.02 Å². The summed E-state index contributed by atoms with van der Waals surface area (Å²) in [5.41, 5.74) is 8.84. The zero-order chi connectivity index (χ0) is 24.6. The maximum Gasteiger partial charge on any atom is 0.140 e. The van der Waals surface area contributed by atoms with Gasteiger partial charge in [-0.1, -0.05) is 115 Å². The molecule has 8 rings (SSSR count). The molecule has 174 valence electrons. The molecule has 0 aromatic heterocycles. The van der Waals surface area contributed by atoms with Crippen LogP contribution in [0, 0.1) is 0 Å². The molecule has 0 fully saturated rings. The Balaban J connectivity index is 1.52. The first-order valence-electron chi connectivity index (χ1n) is 12.5. The molecule has 1 aliphatic carbocycles. The first-order chi connectivity index (χ1) is 18.2. The summed E-state index contributed by atoms with van der Waals surface area (Å²) >= 11 is 6.94. The average molecular weight is 493 g/mol. The van der Waals surface area contributed by atoms with Gasteiger partial charge in [0, 0.05) is 21.7 Å². The topological polar surface area (TPSA) is 9.23 Å². The predicted octanol–water partition coefficient (Wildman–Crippen LogP) is 9.63. The van der Waals surface area contributed by atoms with Crippen LogP contribution < -0.4 is 4.74 Å². The number of rotatable bonds is 1. The van der Waals surface area contributed by atoms with Crippen LogP contribution >= 0.6 is 11.6 Å². The first kappa shape index (κ1) is 20.8. The second-order valence-electron chi connectivity index (χ2n) is 9.83. The molecular weight excluding hydrogens is 472 g/mol. The van der Waals surface area contributed by atoms with Crippen molar-refractivity contribution in [2.24, 2.45) is 0 Å². The van der Waals surface area contributed by atoms with Crippen LogP contribution in [0.1, 0.15) is 22.3 Å². The van der Waals surface area contributed by atoms with E-state index in [0.717, 1.165) is 33.8 Å². The number of hydrogen-bond donors (Lipinski definition) is 0. The van der Waals surface area contributed by atoms with E-state index in [-0.39, 0.29) is 0 Å². The maximum absolute atomic E-state index is 6.94. The highest BCUT2D eigenvalue weighted by Crippen LogP contribution is 2.63. The molecule has 0 amide bonds. The smallest absolute Gasteiger partial charge is 0.140 e. The fourth-order valence-corrected chi connectivity index (χ4v) is 6.71. The van der Waals surface area contributed by atoms with E-state index in [4.69, 9.17) is 16.3 Å². The van der Waals surface area contributed by atoms with Crippen LogP contribution in [0.25, 0.3) is 33.0 Å². The lowest BCUT2D eigenvalue weighted by Crippen LogP contribution is -2.32. The number of para-hydroxylation sites is 1. The number of fused-ring (bicyclic) bond motifs is 10. The Bertz CT molecular complexity index is 1840. The van der Waals surface area contributed by atoms with Gasteiger partial charge in [0.25, 0.3) is 0 Å². The van der Waals surface area contributed by atoms with E-state index >= 15 is 0 Å². The monoisotopic (exact) mass is 492 g/mol. The number of benzene rings is 6. The SMILES string of the molecule is Clc1cc(-c2ccc3ccccc3c2)c2c(c1)C1(c3ccccc3O2)c2ccccc2-c2ccccc21. The van der Waals surface area contributed by atoms with Crippen LogP contribution in [0.3, 0.4) is 0 Å². The maximum atomic E-state index is 6.94. The first-order valence-corrected chi connectivity index (χ1v) is 12.9. The van der Waals surface area contributed by atoms with Crippen molar-refractivity contribution >= 4 is 22.4 Å². The fourth-order valence-electron chi connectivity index (χ4n) is 6.49. The highest BCUT2D eigenvalue weighted by molar-refractivity contribution is 6.31. The zero-order valence-electron chi connectivity index (χ0n) is 19.9. The van der Waals surface area contributed by atoms with E-state index in [1.54, 1.807) is 0 Å². The summed E-state index contributed by atoms with van der Waals surface area (Å²) in [6.07, 6.45) is 0. The van der Waals surface area contributed by atoms with Crippen molar-refractivity contribution in [3.8, 4) is 33.8 Å². The summed E-state index contributed by atoms with van der Waals surface area (Å²) in [6, 6.07) is 45.1. The molecular formula is C35H21ClO. The molecule has 0 unspecified atom stereocenters. The van der Waals surface area contributed by atoms with Crippen molar-refractivity contribution in [3.05, 3.63) is 155 Å². The van der Waals surface area contributed by atoms with Crippen LogP contribution in [0.4, 0.5) is 0 Å². The summed E-state index contributed by atoms with van der Waals surface area (Å²) in [4.78, 5) is 0. The molecule has 1 heterocycles. The molecule has 6 aromatic rings. The lowest BCUT2D eigenvalue weighted by molar-refractivity contribution is 0.438. The third-order valence-electron chi connectivity index (χ3n) is 7.97. The predicted molar refractivity (Wildman–Crippen MR) is 152 cm³/mol. The number of ether oxygens (including phenoxy) is 1. The van der Waals surface area contributed by atoms with Gasteiger partial charge in [-0.15, -0.1) is 0 Å². The van der Waals surface area contributed by atoms with E-state index in [1.165, 1.54) is 33.0 Å².